The molecule has 3 aromatic rings. The summed E-state index contributed by atoms with van der Waals surface area (Å²) in [5, 5.41) is 1.51. The van der Waals surface area contributed by atoms with Crippen LogP contribution in [-0.4, -0.2) is 38.4 Å². The van der Waals surface area contributed by atoms with Crippen molar-refractivity contribution < 1.29 is 28.1 Å². The Labute approximate surface area is 194 Å². The molecule has 0 aliphatic rings. The topological polar surface area (TPSA) is 66.9 Å². The van der Waals surface area contributed by atoms with Gasteiger partial charge in [0.1, 0.15) is 11.6 Å². The number of halogens is 1. The molecule has 0 unspecified atom stereocenters. The highest BCUT2D eigenvalue weighted by molar-refractivity contribution is 5.93. The summed E-state index contributed by atoms with van der Waals surface area (Å²) in [6.07, 6.45) is 1.90. The first-order valence-corrected chi connectivity index (χ1v) is 10.9. The van der Waals surface area contributed by atoms with Crippen molar-refractivity contribution in [3.63, 3.8) is 0 Å². The van der Waals surface area contributed by atoms with Gasteiger partial charge in [0.15, 0.2) is 11.5 Å². The smallest absolute Gasteiger partial charge is 0.310 e. The van der Waals surface area contributed by atoms with E-state index in [1.165, 1.54) is 13.2 Å². The fourth-order valence-corrected chi connectivity index (χ4v) is 3.40. The van der Waals surface area contributed by atoms with Crippen LogP contribution >= 0.6 is 0 Å². The molecule has 0 bridgehead atoms. The number of fused-ring (bicyclic) bond motifs is 1. The molecule has 0 aliphatic heterocycles. The number of nitrogens with zero attached hydrogens (tertiary/aromatic N) is 1. The fourth-order valence-electron chi connectivity index (χ4n) is 3.40. The monoisotopic (exact) mass is 457 g/mol. The van der Waals surface area contributed by atoms with Crippen LogP contribution in [0, 0.1) is 5.82 Å². The van der Waals surface area contributed by atoms with Crippen molar-refractivity contribution in [1.29, 1.82) is 0 Å². The van der Waals surface area contributed by atoms with E-state index in [0.29, 0.717) is 34.1 Å². The molecule has 2 aromatic carbocycles. The summed E-state index contributed by atoms with van der Waals surface area (Å²) in [5.41, 5.74) is 1.79. The molecule has 3 rings (SSSR count). The molecule has 7 heteroatoms. The molecule has 0 spiro atoms. The van der Waals surface area contributed by atoms with E-state index in [-0.39, 0.29) is 30.7 Å². The largest absolute Gasteiger partial charge is 0.493 e. The number of methoxy groups -OCH3 is 3. The average Bonchev–Trinajstić information content (AvgIpc) is 2.82. The SMILES string of the molecule is CC.COC(=O)Cc1cnc(Cc2cc(OC(C)C)ccc2F)c2cc(OC)c(OC)cc12. The third-order valence-corrected chi connectivity index (χ3v) is 4.87. The van der Waals surface area contributed by atoms with E-state index < -0.39 is 0 Å². The lowest BCUT2D eigenvalue weighted by molar-refractivity contribution is -0.139. The van der Waals surface area contributed by atoms with Gasteiger partial charge in [0.05, 0.1) is 39.5 Å². The highest BCUT2D eigenvalue weighted by Gasteiger charge is 2.17. The second kappa shape index (κ2) is 12.0. The molecule has 1 aromatic heterocycles. The third kappa shape index (κ3) is 6.34. The van der Waals surface area contributed by atoms with Crippen molar-refractivity contribution in [2.24, 2.45) is 0 Å². The number of benzene rings is 2. The summed E-state index contributed by atoms with van der Waals surface area (Å²) in [6, 6.07) is 8.28. The van der Waals surface area contributed by atoms with E-state index in [9.17, 15) is 9.18 Å². The molecule has 33 heavy (non-hydrogen) atoms. The molecule has 0 N–H and O–H groups in total. The minimum atomic E-state index is -0.379. The number of rotatable bonds is 8. The minimum absolute atomic E-state index is 0.0217. The number of carbonyl (C=O) groups is 1. The van der Waals surface area contributed by atoms with Crippen LogP contribution in [0.4, 0.5) is 4.39 Å². The molecular formula is C26H32FNO5. The molecule has 1 heterocycles. The van der Waals surface area contributed by atoms with Crippen molar-refractivity contribution >= 4 is 16.7 Å². The maximum atomic E-state index is 14.6. The number of pyridine rings is 1. The number of ether oxygens (including phenoxy) is 4. The Morgan fingerprint density at radius 2 is 1.61 bits per heavy atom. The highest BCUT2D eigenvalue weighted by Crippen LogP contribution is 2.36. The maximum absolute atomic E-state index is 14.6. The summed E-state index contributed by atoms with van der Waals surface area (Å²) in [4.78, 5) is 16.4. The van der Waals surface area contributed by atoms with E-state index in [4.69, 9.17) is 18.9 Å². The maximum Gasteiger partial charge on any atom is 0.310 e. The van der Waals surface area contributed by atoms with Gasteiger partial charge in [0.25, 0.3) is 0 Å². The number of hydrogen-bond acceptors (Lipinski definition) is 6. The normalized spacial score (nSPS) is 10.5. The van der Waals surface area contributed by atoms with Crippen LogP contribution in [-0.2, 0) is 22.4 Å². The molecule has 0 saturated heterocycles. The third-order valence-electron chi connectivity index (χ3n) is 4.87. The van der Waals surface area contributed by atoms with Crippen LogP contribution in [0.2, 0.25) is 0 Å². The summed E-state index contributed by atoms with van der Waals surface area (Å²) in [5.74, 6) is 0.917. The van der Waals surface area contributed by atoms with Crippen molar-refractivity contribution in [3.8, 4) is 17.2 Å². The van der Waals surface area contributed by atoms with Crippen molar-refractivity contribution in [1.82, 2.24) is 4.98 Å². The Hall–Kier alpha value is -3.35. The lowest BCUT2D eigenvalue weighted by atomic mass is 9.98. The number of carbonyl (C=O) groups excluding carboxylic acids is 1. The van der Waals surface area contributed by atoms with Crippen molar-refractivity contribution in [2.45, 2.75) is 46.6 Å². The highest BCUT2D eigenvalue weighted by atomic mass is 19.1. The first kappa shape index (κ1) is 25.9. The van der Waals surface area contributed by atoms with E-state index in [1.807, 2.05) is 27.7 Å². The van der Waals surface area contributed by atoms with Crippen LogP contribution < -0.4 is 14.2 Å². The molecular weight excluding hydrogens is 425 g/mol. The summed E-state index contributed by atoms with van der Waals surface area (Å²) >= 11 is 0. The van der Waals surface area contributed by atoms with Crippen LogP contribution in [0.5, 0.6) is 17.2 Å². The summed E-state index contributed by atoms with van der Waals surface area (Å²) < 4.78 is 35.9. The Bertz CT molecular complexity index is 1100. The molecule has 0 radical (unpaired) electrons. The Balaban J connectivity index is 0.00000187. The van der Waals surface area contributed by atoms with Gasteiger partial charge >= 0.3 is 5.97 Å². The first-order chi connectivity index (χ1) is 15.9. The standard InChI is InChI=1S/C24H26FNO5.C2H6/c1-14(2)31-17-6-7-20(25)15(8-17)9-21-19-12-23(29-4)22(28-3)11-18(19)16(13-26-21)10-24(27)30-5;1-2/h6-8,11-14H,9-10H2,1-5H3;1-2H3. The van der Waals surface area contributed by atoms with Gasteiger partial charge in [-0.25, -0.2) is 4.39 Å². The zero-order valence-electron chi connectivity index (χ0n) is 20.3. The fraction of sp³-hybridized carbons (Fsp3) is 0.385. The summed E-state index contributed by atoms with van der Waals surface area (Å²) in [7, 11) is 4.42. The van der Waals surface area contributed by atoms with E-state index in [1.54, 1.807) is 44.7 Å². The van der Waals surface area contributed by atoms with Gasteiger partial charge in [0, 0.05) is 18.0 Å². The number of hydrogen-bond donors (Lipinski definition) is 0. The van der Waals surface area contributed by atoms with E-state index in [2.05, 4.69) is 4.98 Å². The zero-order chi connectivity index (χ0) is 24.5. The zero-order valence-corrected chi connectivity index (χ0v) is 20.3. The van der Waals surface area contributed by atoms with Gasteiger partial charge in [-0.2, -0.15) is 0 Å². The second-order valence-electron chi connectivity index (χ2n) is 7.33. The van der Waals surface area contributed by atoms with Gasteiger partial charge in [-0.05, 0) is 60.7 Å². The predicted molar refractivity (Wildman–Crippen MR) is 127 cm³/mol. The Morgan fingerprint density at radius 3 is 2.18 bits per heavy atom. The Morgan fingerprint density at radius 1 is 0.970 bits per heavy atom. The van der Waals surface area contributed by atoms with Crippen LogP contribution in [0.1, 0.15) is 44.5 Å². The van der Waals surface area contributed by atoms with E-state index >= 15 is 0 Å². The molecule has 0 aliphatic carbocycles. The molecule has 0 amide bonds. The quantitative estimate of drug-likeness (QED) is 0.416. The van der Waals surface area contributed by atoms with Gasteiger partial charge in [0.2, 0.25) is 0 Å². The Kier molecular flexibility index (Phi) is 9.45. The molecule has 6 nitrogen and oxygen atoms in total. The van der Waals surface area contributed by atoms with Gasteiger partial charge in [-0.3, -0.25) is 9.78 Å². The van der Waals surface area contributed by atoms with Gasteiger partial charge < -0.3 is 18.9 Å². The first-order valence-electron chi connectivity index (χ1n) is 10.9. The molecule has 178 valence electrons. The summed E-state index contributed by atoms with van der Waals surface area (Å²) in [6.45, 7) is 7.83. The molecule has 0 fully saturated rings. The molecule has 0 saturated carbocycles. The van der Waals surface area contributed by atoms with Crippen molar-refractivity contribution in [3.05, 3.63) is 59.2 Å². The second-order valence-corrected chi connectivity index (χ2v) is 7.33. The van der Waals surface area contributed by atoms with E-state index in [0.717, 1.165) is 10.8 Å². The predicted octanol–water partition coefficient (Wildman–Crippen LogP) is 5.51. The molecule has 0 atom stereocenters. The number of esters is 1. The van der Waals surface area contributed by atoms with Crippen LogP contribution in [0.25, 0.3) is 10.8 Å². The van der Waals surface area contributed by atoms with Gasteiger partial charge in [-0.15, -0.1) is 0 Å². The number of aromatic nitrogens is 1. The lowest BCUT2D eigenvalue weighted by Crippen LogP contribution is -2.08. The van der Waals surface area contributed by atoms with Crippen molar-refractivity contribution in [2.75, 3.05) is 21.3 Å². The lowest BCUT2D eigenvalue weighted by Gasteiger charge is -2.15. The minimum Gasteiger partial charge on any atom is -0.493 e. The van der Waals surface area contributed by atoms with Gasteiger partial charge in [-0.1, -0.05) is 13.8 Å². The van der Waals surface area contributed by atoms with Crippen LogP contribution in [0.15, 0.2) is 36.5 Å². The van der Waals surface area contributed by atoms with Crippen LogP contribution in [0.3, 0.4) is 0 Å². The average molecular weight is 458 g/mol.